The largest absolute Gasteiger partial charge is 0.329 e. The molecule has 3 aromatic rings. The lowest BCUT2D eigenvalue weighted by Crippen LogP contribution is -2.56. The van der Waals surface area contributed by atoms with Gasteiger partial charge in [0.1, 0.15) is 5.54 Å². The van der Waals surface area contributed by atoms with Gasteiger partial charge in [-0.15, -0.1) is 0 Å². The number of aromatic nitrogens is 1. The van der Waals surface area contributed by atoms with Gasteiger partial charge in [-0.3, -0.25) is 9.78 Å². The van der Waals surface area contributed by atoms with Crippen molar-refractivity contribution in [1.82, 2.24) is 10.3 Å². The van der Waals surface area contributed by atoms with Gasteiger partial charge in [-0.2, -0.15) is 0 Å². The van der Waals surface area contributed by atoms with Gasteiger partial charge in [0.25, 0.3) is 5.91 Å². The number of carbonyl (C=O) groups excluding carboxylic acids is 2. The lowest BCUT2D eigenvalue weighted by Gasteiger charge is -2.43. The highest BCUT2D eigenvalue weighted by Crippen LogP contribution is 2.49. The predicted molar refractivity (Wildman–Crippen MR) is 104 cm³/mol. The van der Waals surface area contributed by atoms with E-state index in [0.29, 0.717) is 23.6 Å². The quantitative estimate of drug-likeness (QED) is 0.679. The Morgan fingerprint density at radius 1 is 1.07 bits per heavy atom. The SMILES string of the molecule is O=C1NC2(CC(c3cccc(Cl)c3)C2)C(=O)N1c1cncc2ccccc12. The van der Waals surface area contributed by atoms with Crippen molar-refractivity contribution in [2.24, 2.45) is 0 Å². The maximum Gasteiger partial charge on any atom is 0.329 e. The van der Waals surface area contributed by atoms with Gasteiger partial charge in [-0.25, -0.2) is 9.69 Å². The number of halogens is 1. The topological polar surface area (TPSA) is 62.3 Å². The molecular weight excluding hydrogens is 362 g/mol. The predicted octanol–water partition coefficient (Wildman–Crippen LogP) is 4.26. The Morgan fingerprint density at radius 3 is 2.70 bits per heavy atom. The van der Waals surface area contributed by atoms with E-state index in [-0.39, 0.29) is 17.9 Å². The van der Waals surface area contributed by atoms with E-state index in [0.717, 1.165) is 16.3 Å². The van der Waals surface area contributed by atoms with Crippen LogP contribution in [0.4, 0.5) is 10.5 Å². The number of fused-ring (bicyclic) bond motifs is 1. The molecular formula is C21H16ClN3O2. The number of nitrogens with zero attached hydrogens (tertiary/aromatic N) is 2. The maximum absolute atomic E-state index is 13.2. The molecule has 1 aliphatic heterocycles. The average Bonchev–Trinajstić information content (AvgIpc) is 2.91. The summed E-state index contributed by atoms with van der Waals surface area (Å²) in [6.07, 6.45) is 4.46. The second-order valence-corrected chi connectivity index (χ2v) is 7.63. The molecule has 2 aliphatic rings. The molecule has 1 aromatic heterocycles. The first kappa shape index (κ1) is 16.3. The smallest absolute Gasteiger partial charge is 0.323 e. The third kappa shape index (κ3) is 2.42. The number of amides is 3. The van der Waals surface area contributed by atoms with E-state index in [1.165, 1.54) is 4.90 Å². The summed E-state index contributed by atoms with van der Waals surface area (Å²) in [5.74, 6) is 0.00229. The first-order chi connectivity index (χ1) is 13.1. The van der Waals surface area contributed by atoms with E-state index in [1.807, 2.05) is 48.5 Å². The second-order valence-electron chi connectivity index (χ2n) is 7.19. The van der Waals surface area contributed by atoms with E-state index in [2.05, 4.69) is 10.3 Å². The number of rotatable bonds is 2. The van der Waals surface area contributed by atoms with Gasteiger partial charge >= 0.3 is 6.03 Å². The van der Waals surface area contributed by atoms with Gasteiger partial charge in [0.2, 0.25) is 0 Å². The Balaban J connectivity index is 1.46. The zero-order valence-corrected chi connectivity index (χ0v) is 15.1. The van der Waals surface area contributed by atoms with E-state index in [9.17, 15) is 9.59 Å². The fourth-order valence-electron chi connectivity index (χ4n) is 4.17. The molecule has 2 fully saturated rings. The molecule has 0 bridgehead atoms. The van der Waals surface area contributed by atoms with Crippen LogP contribution in [-0.4, -0.2) is 22.5 Å². The van der Waals surface area contributed by atoms with Gasteiger partial charge in [0.05, 0.1) is 11.9 Å². The highest BCUT2D eigenvalue weighted by molar-refractivity contribution is 6.30. The van der Waals surface area contributed by atoms with Crippen LogP contribution in [0, 0.1) is 0 Å². The van der Waals surface area contributed by atoms with Crippen LogP contribution in [0.1, 0.15) is 24.3 Å². The summed E-state index contributed by atoms with van der Waals surface area (Å²) in [5, 5.41) is 5.32. The number of imide groups is 1. The van der Waals surface area contributed by atoms with E-state index in [4.69, 9.17) is 11.6 Å². The second kappa shape index (κ2) is 5.79. The van der Waals surface area contributed by atoms with Gasteiger partial charge in [0, 0.05) is 22.0 Å². The molecule has 1 aliphatic carbocycles. The normalized spacial score (nSPS) is 24.3. The summed E-state index contributed by atoms with van der Waals surface area (Å²) >= 11 is 6.08. The van der Waals surface area contributed by atoms with Crippen molar-refractivity contribution < 1.29 is 9.59 Å². The van der Waals surface area contributed by atoms with Crippen LogP contribution in [0.25, 0.3) is 10.8 Å². The molecule has 1 saturated carbocycles. The van der Waals surface area contributed by atoms with Crippen molar-refractivity contribution in [2.75, 3.05) is 4.90 Å². The number of benzene rings is 2. The average molecular weight is 378 g/mol. The first-order valence-corrected chi connectivity index (χ1v) is 9.20. The van der Waals surface area contributed by atoms with Crippen molar-refractivity contribution in [3.8, 4) is 0 Å². The van der Waals surface area contributed by atoms with Crippen LogP contribution in [-0.2, 0) is 4.79 Å². The molecule has 6 heteroatoms. The number of nitrogens with one attached hydrogen (secondary N) is 1. The molecule has 5 nitrogen and oxygen atoms in total. The van der Waals surface area contributed by atoms with Gasteiger partial charge in [-0.05, 0) is 36.5 Å². The van der Waals surface area contributed by atoms with E-state index < -0.39 is 5.54 Å². The Hall–Kier alpha value is -2.92. The van der Waals surface area contributed by atoms with Crippen molar-refractivity contribution >= 4 is 40.0 Å². The van der Waals surface area contributed by atoms with Gasteiger partial charge in [-0.1, -0.05) is 48.0 Å². The van der Waals surface area contributed by atoms with E-state index in [1.54, 1.807) is 12.4 Å². The Labute approximate surface area is 161 Å². The maximum atomic E-state index is 13.2. The Bertz CT molecular complexity index is 1090. The van der Waals surface area contributed by atoms with Gasteiger partial charge in [0.15, 0.2) is 0 Å². The van der Waals surface area contributed by atoms with Crippen LogP contribution in [0.5, 0.6) is 0 Å². The van der Waals surface area contributed by atoms with Crippen LogP contribution in [0.3, 0.4) is 0 Å². The number of anilines is 1. The number of hydrogen-bond donors (Lipinski definition) is 1. The summed E-state index contributed by atoms with van der Waals surface area (Å²) in [6, 6.07) is 14.9. The minimum atomic E-state index is -0.832. The van der Waals surface area contributed by atoms with Crippen LogP contribution in [0.15, 0.2) is 60.9 Å². The Kier molecular flexibility index (Phi) is 3.49. The molecule has 1 saturated heterocycles. The third-order valence-corrected chi connectivity index (χ3v) is 5.79. The molecule has 2 heterocycles. The first-order valence-electron chi connectivity index (χ1n) is 8.82. The summed E-state index contributed by atoms with van der Waals surface area (Å²) in [6.45, 7) is 0. The number of carbonyl (C=O) groups is 2. The fourth-order valence-corrected chi connectivity index (χ4v) is 4.37. The highest BCUT2D eigenvalue weighted by atomic mass is 35.5. The summed E-state index contributed by atoms with van der Waals surface area (Å²) in [4.78, 5) is 31.3. The van der Waals surface area contributed by atoms with Crippen molar-refractivity contribution in [2.45, 2.75) is 24.3 Å². The van der Waals surface area contributed by atoms with Crippen LogP contribution < -0.4 is 10.2 Å². The lowest BCUT2D eigenvalue weighted by atomic mass is 9.65. The minimum Gasteiger partial charge on any atom is -0.323 e. The van der Waals surface area contributed by atoms with Crippen molar-refractivity contribution in [3.05, 3.63) is 71.5 Å². The summed E-state index contributed by atoms with van der Waals surface area (Å²) in [7, 11) is 0. The van der Waals surface area contributed by atoms with Crippen LogP contribution >= 0.6 is 11.6 Å². The zero-order valence-electron chi connectivity index (χ0n) is 14.4. The molecule has 1 spiro atoms. The molecule has 2 aromatic carbocycles. The summed E-state index contributed by atoms with van der Waals surface area (Å²) < 4.78 is 0. The monoisotopic (exact) mass is 377 g/mol. The summed E-state index contributed by atoms with van der Waals surface area (Å²) in [5.41, 5.74) is 0.792. The molecule has 27 heavy (non-hydrogen) atoms. The molecule has 0 radical (unpaired) electrons. The number of urea groups is 1. The van der Waals surface area contributed by atoms with Crippen molar-refractivity contribution in [1.29, 1.82) is 0 Å². The molecule has 3 amide bonds. The number of hydrogen-bond acceptors (Lipinski definition) is 3. The highest BCUT2D eigenvalue weighted by Gasteiger charge is 2.59. The van der Waals surface area contributed by atoms with E-state index >= 15 is 0 Å². The van der Waals surface area contributed by atoms with Crippen LogP contribution in [0.2, 0.25) is 5.02 Å². The lowest BCUT2D eigenvalue weighted by molar-refractivity contribution is -0.125. The molecule has 0 atom stereocenters. The molecule has 0 unspecified atom stereocenters. The van der Waals surface area contributed by atoms with Gasteiger partial charge < -0.3 is 5.32 Å². The minimum absolute atomic E-state index is 0.205. The number of pyridine rings is 1. The standard InChI is InChI=1S/C21H16ClN3O2/c22-16-6-3-5-13(8-16)15-9-21(10-15)19(26)25(20(27)24-21)18-12-23-11-14-4-1-2-7-17(14)18/h1-8,11-12,15H,9-10H2,(H,24,27). The molecule has 5 rings (SSSR count). The van der Waals surface area contributed by atoms with Crippen molar-refractivity contribution in [3.63, 3.8) is 0 Å². The molecule has 134 valence electrons. The Morgan fingerprint density at radius 2 is 1.89 bits per heavy atom. The fraction of sp³-hybridized carbons (Fsp3) is 0.190. The molecule has 1 N–H and O–H groups in total. The third-order valence-electron chi connectivity index (χ3n) is 5.56. The zero-order chi connectivity index (χ0) is 18.6.